The van der Waals surface area contributed by atoms with Gasteiger partial charge in [0.15, 0.2) is 0 Å². The fourth-order valence-electron chi connectivity index (χ4n) is 2.68. The molecule has 0 unspecified atom stereocenters. The van der Waals surface area contributed by atoms with Gasteiger partial charge in [0, 0.05) is 6.04 Å². The zero-order chi connectivity index (χ0) is 16.7. The number of hydrogen-bond acceptors (Lipinski definition) is 3. The van der Waals surface area contributed by atoms with E-state index in [1.807, 2.05) is 32.0 Å². The molecule has 0 aromatic heterocycles. The number of carbonyl (C=O) groups excluding carboxylic acids is 1. The predicted molar refractivity (Wildman–Crippen MR) is 94.0 cm³/mol. The first kappa shape index (κ1) is 17.2. The van der Waals surface area contributed by atoms with E-state index in [0.717, 1.165) is 6.42 Å². The van der Waals surface area contributed by atoms with Gasteiger partial charge in [-0.15, -0.1) is 0 Å². The minimum absolute atomic E-state index is 0.0445. The van der Waals surface area contributed by atoms with Gasteiger partial charge < -0.3 is 10.5 Å². The third kappa shape index (κ3) is 5.22. The molecule has 0 aliphatic heterocycles. The molecule has 0 saturated carbocycles. The van der Waals surface area contributed by atoms with Crippen LogP contribution in [0.2, 0.25) is 0 Å². The zero-order valence-corrected chi connectivity index (χ0v) is 13.9. The SMILES string of the molecule is CCOC(=O)[C@@H](C)C[C@@H](N)Cc1ccc(-c2ccccc2)cc1. The van der Waals surface area contributed by atoms with Crippen molar-refractivity contribution < 1.29 is 9.53 Å². The number of carbonyl (C=O) groups is 1. The molecule has 0 fully saturated rings. The van der Waals surface area contributed by atoms with Crippen LogP contribution in [0.15, 0.2) is 54.6 Å². The second-order valence-corrected chi connectivity index (χ2v) is 5.92. The van der Waals surface area contributed by atoms with Crippen LogP contribution < -0.4 is 5.73 Å². The Morgan fingerprint density at radius 3 is 2.26 bits per heavy atom. The topological polar surface area (TPSA) is 52.3 Å². The van der Waals surface area contributed by atoms with Crippen LogP contribution >= 0.6 is 0 Å². The van der Waals surface area contributed by atoms with Crippen molar-refractivity contribution in [1.82, 2.24) is 0 Å². The average Bonchev–Trinajstić information content (AvgIpc) is 2.56. The van der Waals surface area contributed by atoms with Crippen LogP contribution in [0, 0.1) is 5.92 Å². The summed E-state index contributed by atoms with van der Waals surface area (Å²) in [5.41, 5.74) is 9.77. The van der Waals surface area contributed by atoms with Crippen LogP contribution in [-0.2, 0) is 16.0 Å². The molecule has 2 N–H and O–H groups in total. The number of benzene rings is 2. The smallest absolute Gasteiger partial charge is 0.308 e. The summed E-state index contributed by atoms with van der Waals surface area (Å²) in [5.74, 6) is -0.323. The summed E-state index contributed by atoms with van der Waals surface area (Å²) in [6, 6.07) is 18.7. The van der Waals surface area contributed by atoms with Crippen LogP contribution in [0.1, 0.15) is 25.8 Å². The van der Waals surface area contributed by atoms with E-state index in [4.69, 9.17) is 10.5 Å². The van der Waals surface area contributed by atoms with Crippen molar-refractivity contribution in [2.24, 2.45) is 11.7 Å². The van der Waals surface area contributed by atoms with Crippen LogP contribution in [0.3, 0.4) is 0 Å². The Morgan fingerprint density at radius 2 is 1.65 bits per heavy atom. The molecule has 0 heterocycles. The molecule has 0 spiro atoms. The van der Waals surface area contributed by atoms with E-state index >= 15 is 0 Å². The summed E-state index contributed by atoms with van der Waals surface area (Å²) < 4.78 is 5.02. The highest BCUT2D eigenvalue weighted by molar-refractivity contribution is 5.72. The standard InChI is InChI=1S/C20H25NO2/c1-3-23-20(22)15(2)13-19(21)14-16-9-11-18(12-10-16)17-7-5-4-6-8-17/h4-12,15,19H,3,13-14,21H2,1-2H3/t15-,19+/m0/s1. The van der Waals surface area contributed by atoms with E-state index in [0.29, 0.717) is 13.0 Å². The maximum atomic E-state index is 11.7. The minimum atomic E-state index is -0.164. The van der Waals surface area contributed by atoms with E-state index in [9.17, 15) is 4.79 Å². The lowest BCUT2D eigenvalue weighted by Gasteiger charge is -2.16. The van der Waals surface area contributed by atoms with Gasteiger partial charge in [0.05, 0.1) is 12.5 Å². The Morgan fingerprint density at radius 1 is 1.04 bits per heavy atom. The molecule has 23 heavy (non-hydrogen) atoms. The average molecular weight is 311 g/mol. The Kier molecular flexibility index (Phi) is 6.36. The highest BCUT2D eigenvalue weighted by atomic mass is 16.5. The molecule has 0 radical (unpaired) electrons. The largest absolute Gasteiger partial charge is 0.466 e. The summed E-state index contributed by atoms with van der Waals surface area (Å²) in [5, 5.41) is 0. The highest BCUT2D eigenvalue weighted by Crippen LogP contribution is 2.20. The summed E-state index contributed by atoms with van der Waals surface area (Å²) in [4.78, 5) is 11.7. The first-order chi connectivity index (χ1) is 11.1. The maximum absolute atomic E-state index is 11.7. The lowest BCUT2D eigenvalue weighted by atomic mass is 9.95. The van der Waals surface area contributed by atoms with E-state index in [2.05, 4.69) is 36.4 Å². The van der Waals surface area contributed by atoms with Gasteiger partial charge in [0.25, 0.3) is 0 Å². The van der Waals surface area contributed by atoms with Crippen molar-refractivity contribution in [3.05, 3.63) is 60.2 Å². The minimum Gasteiger partial charge on any atom is -0.466 e. The van der Waals surface area contributed by atoms with Crippen molar-refractivity contribution in [1.29, 1.82) is 0 Å². The van der Waals surface area contributed by atoms with Crippen molar-refractivity contribution in [3.8, 4) is 11.1 Å². The van der Waals surface area contributed by atoms with Gasteiger partial charge in [-0.2, -0.15) is 0 Å². The second-order valence-electron chi connectivity index (χ2n) is 5.92. The van der Waals surface area contributed by atoms with Crippen LogP contribution in [0.5, 0.6) is 0 Å². The second kappa shape index (κ2) is 8.49. The van der Waals surface area contributed by atoms with Gasteiger partial charge in [-0.25, -0.2) is 0 Å². The maximum Gasteiger partial charge on any atom is 0.308 e. The van der Waals surface area contributed by atoms with E-state index < -0.39 is 0 Å². The predicted octanol–water partition coefficient (Wildman–Crippen LogP) is 3.81. The molecule has 122 valence electrons. The number of rotatable bonds is 7. The molecule has 3 heteroatoms. The van der Waals surface area contributed by atoms with E-state index in [1.54, 1.807) is 0 Å². The van der Waals surface area contributed by atoms with Crippen molar-refractivity contribution in [2.45, 2.75) is 32.7 Å². The van der Waals surface area contributed by atoms with Crippen LogP contribution in [-0.4, -0.2) is 18.6 Å². The fourth-order valence-corrected chi connectivity index (χ4v) is 2.68. The van der Waals surface area contributed by atoms with Crippen molar-refractivity contribution >= 4 is 5.97 Å². The Hall–Kier alpha value is -2.13. The molecule has 0 bridgehead atoms. The van der Waals surface area contributed by atoms with Gasteiger partial charge >= 0.3 is 5.97 Å². The normalized spacial score (nSPS) is 13.3. The summed E-state index contributed by atoms with van der Waals surface area (Å²) in [6.45, 7) is 4.11. The molecule has 2 aromatic carbocycles. The van der Waals surface area contributed by atoms with Crippen molar-refractivity contribution in [3.63, 3.8) is 0 Å². The third-order valence-electron chi connectivity index (χ3n) is 3.90. The lowest BCUT2D eigenvalue weighted by Crippen LogP contribution is -2.29. The zero-order valence-electron chi connectivity index (χ0n) is 13.9. The van der Waals surface area contributed by atoms with Gasteiger partial charge in [0.1, 0.15) is 0 Å². The fraction of sp³-hybridized carbons (Fsp3) is 0.350. The summed E-state index contributed by atoms with van der Waals surface area (Å²) >= 11 is 0. The number of hydrogen-bond donors (Lipinski definition) is 1. The number of ether oxygens (including phenoxy) is 1. The molecular weight excluding hydrogens is 286 g/mol. The quantitative estimate of drug-likeness (QED) is 0.791. The van der Waals surface area contributed by atoms with Crippen LogP contribution in [0.25, 0.3) is 11.1 Å². The third-order valence-corrected chi connectivity index (χ3v) is 3.90. The molecule has 0 amide bonds. The molecule has 0 aliphatic rings. The van der Waals surface area contributed by atoms with E-state index in [1.165, 1.54) is 16.7 Å². The Bertz CT molecular complexity index is 607. The molecule has 3 nitrogen and oxygen atoms in total. The summed E-state index contributed by atoms with van der Waals surface area (Å²) in [6.07, 6.45) is 1.40. The van der Waals surface area contributed by atoms with Crippen LogP contribution in [0.4, 0.5) is 0 Å². The van der Waals surface area contributed by atoms with Gasteiger partial charge in [0.2, 0.25) is 0 Å². The van der Waals surface area contributed by atoms with Gasteiger partial charge in [-0.05, 0) is 36.5 Å². The van der Waals surface area contributed by atoms with Gasteiger partial charge in [-0.1, -0.05) is 61.5 Å². The molecule has 0 saturated heterocycles. The lowest BCUT2D eigenvalue weighted by molar-refractivity contribution is -0.147. The first-order valence-electron chi connectivity index (χ1n) is 8.16. The Labute approximate surface area is 138 Å². The number of nitrogens with two attached hydrogens (primary N) is 1. The number of esters is 1. The molecule has 0 aliphatic carbocycles. The molecule has 2 aromatic rings. The molecule has 2 atom stereocenters. The van der Waals surface area contributed by atoms with Crippen molar-refractivity contribution in [2.75, 3.05) is 6.61 Å². The highest BCUT2D eigenvalue weighted by Gasteiger charge is 2.17. The monoisotopic (exact) mass is 311 g/mol. The Balaban J connectivity index is 1.92. The summed E-state index contributed by atoms with van der Waals surface area (Å²) in [7, 11) is 0. The van der Waals surface area contributed by atoms with E-state index in [-0.39, 0.29) is 17.9 Å². The van der Waals surface area contributed by atoms with Gasteiger partial charge in [-0.3, -0.25) is 4.79 Å². The molecule has 2 rings (SSSR count). The molecular formula is C20H25NO2. The first-order valence-corrected chi connectivity index (χ1v) is 8.16.